The summed E-state index contributed by atoms with van der Waals surface area (Å²) in [5, 5.41) is 3.87. The molecule has 4 nitrogen and oxygen atoms in total. The molecule has 0 fully saturated rings. The van der Waals surface area contributed by atoms with E-state index in [1.54, 1.807) is 6.07 Å². The lowest BCUT2D eigenvalue weighted by molar-refractivity contribution is 0.455. The molecule has 0 spiro atoms. The van der Waals surface area contributed by atoms with E-state index in [0.29, 0.717) is 22.6 Å². The number of rotatable bonds is 5. The molecule has 20 heavy (non-hydrogen) atoms. The van der Waals surface area contributed by atoms with E-state index < -0.39 is 5.82 Å². The van der Waals surface area contributed by atoms with Crippen molar-refractivity contribution in [2.45, 2.75) is 12.1 Å². The fourth-order valence-electron chi connectivity index (χ4n) is 1.49. The van der Waals surface area contributed by atoms with Crippen LogP contribution in [0.5, 0.6) is 11.6 Å². The number of anilines is 1. The van der Waals surface area contributed by atoms with E-state index in [-0.39, 0.29) is 5.02 Å². The highest BCUT2D eigenvalue weighted by Gasteiger charge is 2.09. The van der Waals surface area contributed by atoms with Crippen LogP contribution >= 0.6 is 23.4 Å². The summed E-state index contributed by atoms with van der Waals surface area (Å²) in [6.07, 6.45) is 1.87. The maximum absolute atomic E-state index is 13.0. The number of thioether (sulfide) groups is 1. The topological polar surface area (TPSA) is 47.0 Å². The molecule has 0 aliphatic heterocycles. The summed E-state index contributed by atoms with van der Waals surface area (Å²) in [6, 6.07) is 5.61. The van der Waals surface area contributed by atoms with Crippen molar-refractivity contribution in [3.8, 4) is 11.6 Å². The Bertz CT molecular complexity index is 612. The maximum atomic E-state index is 13.0. The predicted molar refractivity (Wildman–Crippen MR) is 79.5 cm³/mol. The Labute approximate surface area is 125 Å². The molecule has 0 aliphatic rings. The van der Waals surface area contributed by atoms with Crippen molar-refractivity contribution in [2.24, 2.45) is 0 Å². The molecule has 2 aromatic rings. The van der Waals surface area contributed by atoms with E-state index in [1.165, 1.54) is 30.0 Å². The average molecular weight is 314 g/mol. The molecule has 1 heterocycles. The zero-order valence-electron chi connectivity index (χ0n) is 11.0. The summed E-state index contributed by atoms with van der Waals surface area (Å²) in [5.74, 6) is 0.957. The van der Waals surface area contributed by atoms with Gasteiger partial charge in [-0.1, -0.05) is 23.4 Å². The summed E-state index contributed by atoms with van der Waals surface area (Å²) in [6.45, 7) is 2.71. The van der Waals surface area contributed by atoms with Crippen molar-refractivity contribution in [1.29, 1.82) is 0 Å². The second-order valence-corrected chi connectivity index (χ2v) is 4.97. The number of benzene rings is 1. The normalized spacial score (nSPS) is 10.4. The number of hydrogen-bond donors (Lipinski definition) is 1. The highest BCUT2D eigenvalue weighted by atomic mass is 35.5. The molecular formula is C13H13ClFN3OS. The minimum Gasteiger partial charge on any atom is -0.437 e. The van der Waals surface area contributed by atoms with Gasteiger partial charge in [0.05, 0.1) is 5.02 Å². The number of nitrogens with one attached hydrogen (secondary N) is 1. The Hall–Kier alpha value is -1.53. The van der Waals surface area contributed by atoms with Gasteiger partial charge in [-0.2, -0.15) is 4.98 Å². The van der Waals surface area contributed by atoms with Crippen LogP contribution in [0.15, 0.2) is 29.4 Å². The van der Waals surface area contributed by atoms with Gasteiger partial charge in [0, 0.05) is 12.6 Å². The second kappa shape index (κ2) is 6.76. The SMILES string of the molecule is CCNc1cc(Oc2ccc(F)cc2Cl)nc(SC)n1. The van der Waals surface area contributed by atoms with Crippen molar-refractivity contribution in [3.63, 3.8) is 0 Å². The summed E-state index contributed by atoms with van der Waals surface area (Å²) < 4.78 is 18.6. The molecule has 2 rings (SSSR count). The van der Waals surface area contributed by atoms with Gasteiger partial charge in [0.15, 0.2) is 5.16 Å². The molecule has 0 unspecified atom stereocenters. The van der Waals surface area contributed by atoms with E-state index in [0.717, 1.165) is 6.54 Å². The highest BCUT2D eigenvalue weighted by Crippen LogP contribution is 2.30. The summed E-state index contributed by atoms with van der Waals surface area (Å²) in [5.41, 5.74) is 0. The molecule has 106 valence electrons. The number of hydrogen-bond acceptors (Lipinski definition) is 5. The van der Waals surface area contributed by atoms with E-state index in [4.69, 9.17) is 16.3 Å². The van der Waals surface area contributed by atoms with Gasteiger partial charge in [-0.25, -0.2) is 9.37 Å². The summed E-state index contributed by atoms with van der Waals surface area (Å²) >= 11 is 7.33. The van der Waals surface area contributed by atoms with Crippen LogP contribution in [0.1, 0.15) is 6.92 Å². The standard InChI is InChI=1S/C13H13ClFN3OS/c1-3-16-11-7-12(18-13(17-11)20-2)19-10-5-4-8(15)6-9(10)14/h4-7H,3H2,1-2H3,(H,16,17,18). The van der Waals surface area contributed by atoms with Gasteiger partial charge in [0.25, 0.3) is 0 Å². The van der Waals surface area contributed by atoms with Crippen LogP contribution < -0.4 is 10.1 Å². The Morgan fingerprint density at radius 3 is 2.80 bits per heavy atom. The van der Waals surface area contributed by atoms with Gasteiger partial charge >= 0.3 is 0 Å². The molecule has 0 atom stereocenters. The van der Waals surface area contributed by atoms with Crippen LogP contribution in [0.25, 0.3) is 0 Å². The number of ether oxygens (including phenoxy) is 1. The van der Waals surface area contributed by atoms with Crippen LogP contribution in [0.2, 0.25) is 5.02 Å². The van der Waals surface area contributed by atoms with E-state index >= 15 is 0 Å². The van der Waals surface area contributed by atoms with Crippen molar-refractivity contribution < 1.29 is 9.13 Å². The van der Waals surface area contributed by atoms with Crippen molar-refractivity contribution in [2.75, 3.05) is 18.1 Å². The fraction of sp³-hybridized carbons (Fsp3) is 0.231. The largest absolute Gasteiger partial charge is 0.437 e. The monoisotopic (exact) mass is 313 g/mol. The number of halogens is 2. The number of aromatic nitrogens is 2. The first-order valence-corrected chi connectivity index (χ1v) is 7.52. The van der Waals surface area contributed by atoms with Crippen molar-refractivity contribution in [1.82, 2.24) is 9.97 Å². The van der Waals surface area contributed by atoms with Gasteiger partial charge in [-0.05, 0) is 31.4 Å². The van der Waals surface area contributed by atoms with Crippen LogP contribution in [0, 0.1) is 5.82 Å². The molecule has 1 aromatic heterocycles. The molecule has 0 bridgehead atoms. The summed E-state index contributed by atoms with van der Waals surface area (Å²) in [4.78, 5) is 8.52. The minimum atomic E-state index is -0.414. The van der Waals surface area contributed by atoms with E-state index in [1.807, 2.05) is 13.2 Å². The third kappa shape index (κ3) is 3.74. The lowest BCUT2D eigenvalue weighted by Crippen LogP contribution is -2.02. The molecule has 7 heteroatoms. The van der Waals surface area contributed by atoms with Crippen molar-refractivity contribution in [3.05, 3.63) is 35.1 Å². The van der Waals surface area contributed by atoms with E-state index in [2.05, 4.69) is 15.3 Å². The average Bonchev–Trinajstić information content (AvgIpc) is 2.42. The molecule has 0 aliphatic carbocycles. The van der Waals surface area contributed by atoms with Gasteiger partial charge in [0.1, 0.15) is 17.4 Å². The number of nitrogens with zero attached hydrogens (tertiary/aromatic N) is 2. The highest BCUT2D eigenvalue weighted by molar-refractivity contribution is 7.98. The predicted octanol–water partition coefficient (Wildman–Crippen LogP) is 4.22. The maximum Gasteiger partial charge on any atom is 0.225 e. The van der Waals surface area contributed by atoms with Gasteiger partial charge in [-0.15, -0.1) is 0 Å². The fourth-order valence-corrected chi connectivity index (χ4v) is 2.07. The lowest BCUT2D eigenvalue weighted by atomic mass is 10.3. The smallest absolute Gasteiger partial charge is 0.225 e. The van der Waals surface area contributed by atoms with Crippen LogP contribution in [-0.4, -0.2) is 22.8 Å². The van der Waals surface area contributed by atoms with Crippen LogP contribution in [0.4, 0.5) is 10.2 Å². The quantitative estimate of drug-likeness (QED) is 0.661. The Kier molecular flexibility index (Phi) is 5.03. The van der Waals surface area contributed by atoms with E-state index in [9.17, 15) is 4.39 Å². The third-order valence-electron chi connectivity index (χ3n) is 2.33. The summed E-state index contributed by atoms with van der Waals surface area (Å²) in [7, 11) is 0. The minimum absolute atomic E-state index is 0.194. The molecule has 0 amide bonds. The molecule has 1 N–H and O–H groups in total. The lowest BCUT2D eigenvalue weighted by Gasteiger charge is -2.10. The second-order valence-electron chi connectivity index (χ2n) is 3.79. The molecule has 0 saturated heterocycles. The molecule has 1 aromatic carbocycles. The Morgan fingerprint density at radius 2 is 2.15 bits per heavy atom. The Balaban J connectivity index is 2.29. The van der Waals surface area contributed by atoms with Crippen LogP contribution in [-0.2, 0) is 0 Å². The molecule has 0 saturated carbocycles. The third-order valence-corrected chi connectivity index (χ3v) is 3.17. The first kappa shape index (κ1) is 14.9. The molecule has 0 radical (unpaired) electrons. The molecular weight excluding hydrogens is 301 g/mol. The zero-order valence-corrected chi connectivity index (χ0v) is 12.6. The first-order valence-electron chi connectivity index (χ1n) is 5.92. The van der Waals surface area contributed by atoms with Crippen LogP contribution in [0.3, 0.4) is 0 Å². The van der Waals surface area contributed by atoms with Gasteiger partial charge < -0.3 is 10.1 Å². The van der Waals surface area contributed by atoms with Gasteiger partial charge in [-0.3, -0.25) is 0 Å². The Morgan fingerprint density at radius 1 is 1.35 bits per heavy atom. The van der Waals surface area contributed by atoms with Gasteiger partial charge in [0.2, 0.25) is 5.88 Å². The van der Waals surface area contributed by atoms with Crippen molar-refractivity contribution >= 4 is 29.2 Å². The zero-order chi connectivity index (χ0) is 14.5. The first-order chi connectivity index (χ1) is 9.62.